The monoisotopic (exact) mass is 379 g/mol. The molecular formula is C17H16F3N5O2. The third-order valence-electron chi connectivity index (χ3n) is 5.02. The quantitative estimate of drug-likeness (QED) is 0.628. The molecule has 10 heteroatoms. The summed E-state index contributed by atoms with van der Waals surface area (Å²) in [5.41, 5.74) is 1.41. The fraction of sp³-hybridized carbons (Fsp3) is 0.353. The summed E-state index contributed by atoms with van der Waals surface area (Å²) >= 11 is 0. The van der Waals surface area contributed by atoms with E-state index < -0.39 is 17.6 Å². The van der Waals surface area contributed by atoms with Crippen LogP contribution in [0, 0.1) is 0 Å². The summed E-state index contributed by atoms with van der Waals surface area (Å²) < 4.78 is 38.9. The van der Waals surface area contributed by atoms with Crippen molar-refractivity contribution in [1.29, 1.82) is 0 Å². The van der Waals surface area contributed by atoms with Gasteiger partial charge in [-0.15, -0.1) is 10.2 Å². The van der Waals surface area contributed by atoms with E-state index >= 15 is 0 Å². The van der Waals surface area contributed by atoms with Gasteiger partial charge in [0, 0.05) is 24.8 Å². The number of nitrogens with one attached hydrogen (secondary N) is 1. The molecule has 4 rings (SSSR count). The minimum atomic E-state index is -4.36. The molecule has 2 atom stereocenters. The maximum Gasteiger partial charge on any atom is 0.416 e. The number of hydrogen-bond donors (Lipinski definition) is 2. The SMILES string of the molecule is O=C(NO)c1ccc(N2C[C@H]3C[C@@H]2CN3c2cccc(C(F)(F)F)c2)nn1. The standard InChI is InChI=1S/C17H16F3N5O2/c18-17(19,20)10-2-1-3-11(6-10)24-8-13-7-12(24)9-25(13)15-5-4-14(21-22-15)16(26)23-27/h1-6,12-13,27H,7-9H2,(H,23,26)/t12-,13-/m1/s1. The number of carbonyl (C=O) groups excluding carboxylic acids is 1. The number of aromatic nitrogens is 2. The zero-order valence-electron chi connectivity index (χ0n) is 14.0. The first-order chi connectivity index (χ1) is 12.9. The highest BCUT2D eigenvalue weighted by atomic mass is 19.4. The van der Waals surface area contributed by atoms with Crippen LogP contribution in [0.25, 0.3) is 0 Å². The van der Waals surface area contributed by atoms with Crippen LogP contribution in [0.4, 0.5) is 24.7 Å². The van der Waals surface area contributed by atoms with Gasteiger partial charge in [0.2, 0.25) is 0 Å². The van der Waals surface area contributed by atoms with E-state index in [4.69, 9.17) is 5.21 Å². The predicted octanol–water partition coefficient (Wildman–Crippen LogP) is 2.08. The summed E-state index contributed by atoms with van der Waals surface area (Å²) in [6.07, 6.45) is -3.55. The molecule has 27 heavy (non-hydrogen) atoms. The van der Waals surface area contributed by atoms with Crippen molar-refractivity contribution in [2.45, 2.75) is 24.7 Å². The van der Waals surface area contributed by atoms with Gasteiger partial charge < -0.3 is 9.80 Å². The molecule has 2 aliphatic rings. The first kappa shape index (κ1) is 17.5. The van der Waals surface area contributed by atoms with Crippen molar-refractivity contribution in [2.24, 2.45) is 0 Å². The van der Waals surface area contributed by atoms with E-state index in [1.165, 1.54) is 23.7 Å². The molecule has 1 amide bonds. The molecule has 0 saturated carbocycles. The second kappa shape index (κ2) is 6.38. The summed E-state index contributed by atoms with van der Waals surface area (Å²) in [4.78, 5) is 15.3. The van der Waals surface area contributed by atoms with Gasteiger partial charge in [-0.1, -0.05) is 6.07 Å². The lowest BCUT2D eigenvalue weighted by molar-refractivity contribution is -0.137. The number of amides is 1. The average molecular weight is 379 g/mol. The molecule has 2 N–H and O–H groups in total. The van der Waals surface area contributed by atoms with Gasteiger partial charge in [0.15, 0.2) is 11.5 Å². The Morgan fingerprint density at radius 3 is 2.44 bits per heavy atom. The van der Waals surface area contributed by atoms with Gasteiger partial charge >= 0.3 is 6.18 Å². The molecular weight excluding hydrogens is 363 g/mol. The number of nitrogens with zero attached hydrogens (tertiary/aromatic N) is 4. The molecule has 0 unspecified atom stereocenters. The highest BCUT2D eigenvalue weighted by molar-refractivity contribution is 5.91. The van der Waals surface area contributed by atoms with E-state index in [0.29, 0.717) is 24.6 Å². The molecule has 2 fully saturated rings. The lowest BCUT2D eigenvalue weighted by Gasteiger charge is -2.36. The zero-order valence-corrected chi connectivity index (χ0v) is 14.0. The van der Waals surface area contributed by atoms with Crippen molar-refractivity contribution in [3.63, 3.8) is 0 Å². The van der Waals surface area contributed by atoms with Gasteiger partial charge in [-0.25, -0.2) is 5.48 Å². The third-order valence-corrected chi connectivity index (χ3v) is 5.02. The van der Waals surface area contributed by atoms with E-state index in [-0.39, 0.29) is 17.8 Å². The van der Waals surface area contributed by atoms with Gasteiger partial charge in [-0.2, -0.15) is 13.2 Å². The van der Waals surface area contributed by atoms with Crippen LogP contribution < -0.4 is 15.3 Å². The van der Waals surface area contributed by atoms with Crippen molar-refractivity contribution in [3.8, 4) is 0 Å². The number of fused-ring (bicyclic) bond motifs is 2. The van der Waals surface area contributed by atoms with E-state index in [0.717, 1.165) is 12.5 Å². The van der Waals surface area contributed by atoms with Crippen LogP contribution in [0.3, 0.4) is 0 Å². The van der Waals surface area contributed by atoms with Crippen LogP contribution in [0.15, 0.2) is 36.4 Å². The fourth-order valence-electron chi connectivity index (χ4n) is 3.78. The molecule has 1 aromatic heterocycles. The molecule has 2 saturated heterocycles. The molecule has 2 aliphatic heterocycles. The maximum absolute atomic E-state index is 13.0. The number of alkyl halides is 3. The molecule has 3 heterocycles. The lowest BCUT2D eigenvalue weighted by atomic mass is 10.1. The number of halogens is 3. The highest BCUT2D eigenvalue weighted by Gasteiger charge is 2.44. The number of rotatable bonds is 3. The van der Waals surface area contributed by atoms with Crippen LogP contribution in [0.5, 0.6) is 0 Å². The van der Waals surface area contributed by atoms with Gasteiger partial charge in [-0.05, 0) is 36.8 Å². The number of hydroxylamine groups is 1. The smallest absolute Gasteiger partial charge is 0.365 e. The van der Waals surface area contributed by atoms with Crippen LogP contribution in [-0.2, 0) is 6.18 Å². The van der Waals surface area contributed by atoms with Crippen molar-refractivity contribution in [3.05, 3.63) is 47.7 Å². The van der Waals surface area contributed by atoms with Gasteiger partial charge in [0.1, 0.15) is 0 Å². The molecule has 7 nitrogen and oxygen atoms in total. The Bertz CT molecular complexity index is 858. The Morgan fingerprint density at radius 1 is 1.11 bits per heavy atom. The Morgan fingerprint density at radius 2 is 1.85 bits per heavy atom. The second-order valence-corrected chi connectivity index (χ2v) is 6.61. The second-order valence-electron chi connectivity index (χ2n) is 6.61. The third kappa shape index (κ3) is 3.16. The zero-order chi connectivity index (χ0) is 19.2. The molecule has 0 aliphatic carbocycles. The molecule has 2 aromatic rings. The molecule has 2 bridgehead atoms. The Balaban J connectivity index is 1.49. The summed E-state index contributed by atoms with van der Waals surface area (Å²) in [6, 6.07) is 8.69. The van der Waals surface area contributed by atoms with Crippen LogP contribution >= 0.6 is 0 Å². The lowest BCUT2D eigenvalue weighted by Crippen LogP contribution is -2.47. The average Bonchev–Trinajstić information content (AvgIpc) is 3.28. The van der Waals surface area contributed by atoms with E-state index in [1.54, 1.807) is 12.1 Å². The van der Waals surface area contributed by atoms with Crippen LogP contribution in [-0.4, -0.2) is 46.5 Å². The number of benzene rings is 1. The summed E-state index contributed by atoms with van der Waals surface area (Å²) in [7, 11) is 0. The van der Waals surface area contributed by atoms with E-state index in [1.807, 2.05) is 9.80 Å². The largest absolute Gasteiger partial charge is 0.416 e. The normalized spacial score (nSPS) is 21.6. The summed E-state index contributed by atoms with van der Waals surface area (Å²) in [5.74, 6) is -0.145. The molecule has 0 radical (unpaired) electrons. The predicted molar refractivity (Wildman–Crippen MR) is 89.6 cm³/mol. The maximum atomic E-state index is 13.0. The van der Waals surface area contributed by atoms with Crippen LogP contribution in [0.1, 0.15) is 22.5 Å². The van der Waals surface area contributed by atoms with Crippen molar-refractivity contribution in [1.82, 2.24) is 15.7 Å². The minimum absolute atomic E-state index is 0.00352. The Hall–Kier alpha value is -2.88. The topological polar surface area (TPSA) is 81.6 Å². The molecule has 142 valence electrons. The first-order valence-electron chi connectivity index (χ1n) is 8.35. The first-order valence-corrected chi connectivity index (χ1v) is 8.35. The molecule has 1 aromatic carbocycles. The van der Waals surface area contributed by atoms with Crippen molar-refractivity contribution in [2.75, 3.05) is 22.9 Å². The number of hydrogen-bond acceptors (Lipinski definition) is 6. The van der Waals surface area contributed by atoms with Gasteiger partial charge in [0.05, 0.1) is 11.6 Å². The van der Waals surface area contributed by atoms with E-state index in [9.17, 15) is 18.0 Å². The van der Waals surface area contributed by atoms with Crippen molar-refractivity contribution < 1.29 is 23.2 Å². The summed E-state index contributed by atoms with van der Waals surface area (Å²) in [5, 5.41) is 16.4. The Kier molecular flexibility index (Phi) is 4.14. The van der Waals surface area contributed by atoms with Crippen molar-refractivity contribution >= 4 is 17.4 Å². The molecule has 0 spiro atoms. The van der Waals surface area contributed by atoms with Crippen LogP contribution in [0.2, 0.25) is 0 Å². The summed E-state index contributed by atoms with van der Waals surface area (Å²) in [6.45, 7) is 1.20. The Labute approximate surface area is 152 Å². The highest BCUT2D eigenvalue weighted by Crippen LogP contribution is 2.38. The minimum Gasteiger partial charge on any atom is -0.365 e. The van der Waals surface area contributed by atoms with Gasteiger partial charge in [-0.3, -0.25) is 10.0 Å². The number of piperazine rings is 1. The number of carbonyl (C=O) groups is 1. The number of anilines is 2. The fourth-order valence-corrected chi connectivity index (χ4v) is 3.78. The van der Waals surface area contributed by atoms with E-state index in [2.05, 4.69) is 10.2 Å². The van der Waals surface area contributed by atoms with Gasteiger partial charge in [0.25, 0.3) is 5.91 Å².